The van der Waals surface area contributed by atoms with Crippen LogP contribution >= 0.6 is 22.9 Å². The van der Waals surface area contributed by atoms with Crippen molar-refractivity contribution in [3.8, 4) is 0 Å². The fraction of sp³-hybridized carbons (Fsp3) is 0. The monoisotopic (exact) mass is 302 g/mol. The summed E-state index contributed by atoms with van der Waals surface area (Å²) in [5, 5.41) is 11.8. The van der Waals surface area contributed by atoms with Gasteiger partial charge >= 0.3 is 57.4 Å². The maximum Gasteiger partial charge on any atom is 1.00 e. The van der Waals surface area contributed by atoms with Crippen molar-refractivity contribution in [3.63, 3.8) is 0 Å². The van der Waals surface area contributed by atoms with E-state index in [9.17, 15) is 4.79 Å². The summed E-state index contributed by atoms with van der Waals surface area (Å²) in [5.41, 5.74) is 0.315. The molecule has 86 valence electrons. The SMILES string of the molecule is O=C(O)c1ccc2c(c1)sc1cc(Cl)ccc12.[H-].[K+]. The molecule has 0 saturated carbocycles. The largest absolute Gasteiger partial charge is 1.00 e. The number of hydrogen-bond acceptors (Lipinski definition) is 2. The predicted molar refractivity (Wildman–Crippen MR) is 72.4 cm³/mol. The third kappa shape index (κ3) is 2.51. The average Bonchev–Trinajstić information content (AvgIpc) is 2.64. The first-order chi connectivity index (χ1) is 8.15. The zero-order valence-corrected chi connectivity index (χ0v) is 14.3. The molecule has 0 fully saturated rings. The third-order valence-corrected chi connectivity index (χ3v) is 4.03. The molecule has 0 saturated heterocycles. The Kier molecular flexibility index (Phi) is 4.49. The van der Waals surface area contributed by atoms with Crippen LogP contribution in [0.25, 0.3) is 20.2 Å². The molecule has 0 atom stereocenters. The number of hydrogen-bond donors (Lipinski definition) is 1. The van der Waals surface area contributed by atoms with Gasteiger partial charge in [0.1, 0.15) is 0 Å². The number of aromatic carboxylic acids is 1. The molecule has 0 radical (unpaired) electrons. The Bertz CT molecular complexity index is 757. The molecule has 0 aliphatic carbocycles. The van der Waals surface area contributed by atoms with Crippen LogP contribution in [-0.2, 0) is 0 Å². The fourth-order valence-corrected chi connectivity index (χ4v) is 3.31. The molecule has 2 aromatic carbocycles. The van der Waals surface area contributed by atoms with Crippen molar-refractivity contribution in [2.45, 2.75) is 0 Å². The van der Waals surface area contributed by atoms with Gasteiger partial charge in [-0.25, -0.2) is 4.79 Å². The summed E-state index contributed by atoms with van der Waals surface area (Å²) in [6, 6.07) is 10.9. The first-order valence-electron chi connectivity index (χ1n) is 5.00. The average molecular weight is 303 g/mol. The molecule has 5 heteroatoms. The van der Waals surface area contributed by atoms with Crippen LogP contribution in [-0.4, -0.2) is 11.1 Å². The van der Waals surface area contributed by atoms with Crippen LogP contribution in [0, 0.1) is 0 Å². The van der Waals surface area contributed by atoms with E-state index in [1.165, 1.54) is 0 Å². The van der Waals surface area contributed by atoms with Gasteiger partial charge in [0.2, 0.25) is 0 Å². The maximum absolute atomic E-state index is 10.9. The molecule has 3 rings (SSSR count). The standard InChI is InChI=1S/C13H7ClO2S.K.H/c14-8-2-4-10-9-3-1-7(13(15)16)5-11(9)17-12(10)6-8;;/h1-6H,(H,15,16);;/q;+1;-1. The van der Waals surface area contributed by atoms with Crippen LogP contribution < -0.4 is 51.4 Å². The van der Waals surface area contributed by atoms with Crippen molar-refractivity contribution >= 4 is 49.1 Å². The van der Waals surface area contributed by atoms with Gasteiger partial charge in [-0.1, -0.05) is 23.7 Å². The molecular weight excluding hydrogens is 295 g/mol. The number of fused-ring (bicyclic) bond motifs is 3. The minimum absolute atomic E-state index is 0. The van der Waals surface area contributed by atoms with E-state index in [2.05, 4.69) is 0 Å². The van der Waals surface area contributed by atoms with E-state index in [1.54, 1.807) is 23.5 Å². The number of carbonyl (C=O) groups is 1. The van der Waals surface area contributed by atoms with Gasteiger partial charge in [-0.15, -0.1) is 11.3 Å². The van der Waals surface area contributed by atoms with Crippen LogP contribution in [0.15, 0.2) is 36.4 Å². The number of carboxylic acid groups (broad SMARTS) is 1. The summed E-state index contributed by atoms with van der Waals surface area (Å²) < 4.78 is 2.05. The molecule has 0 unspecified atom stereocenters. The van der Waals surface area contributed by atoms with Crippen LogP contribution in [0.2, 0.25) is 5.02 Å². The second-order valence-electron chi connectivity index (χ2n) is 3.76. The van der Waals surface area contributed by atoms with Gasteiger partial charge in [0.25, 0.3) is 0 Å². The van der Waals surface area contributed by atoms with Crippen molar-refractivity contribution in [2.75, 3.05) is 0 Å². The van der Waals surface area contributed by atoms with Crippen LogP contribution in [0.5, 0.6) is 0 Å². The molecule has 0 bridgehead atoms. The number of benzene rings is 2. The van der Waals surface area contributed by atoms with Crippen LogP contribution in [0.4, 0.5) is 0 Å². The maximum atomic E-state index is 10.9. The minimum Gasteiger partial charge on any atom is -1.00 e. The van der Waals surface area contributed by atoms with Gasteiger partial charge in [-0.2, -0.15) is 0 Å². The Morgan fingerprint density at radius 2 is 1.72 bits per heavy atom. The van der Waals surface area contributed by atoms with Gasteiger partial charge in [-0.3, -0.25) is 0 Å². The smallest absolute Gasteiger partial charge is 1.00 e. The fourth-order valence-electron chi connectivity index (χ4n) is 1.88. The number of carboxylic acids is 1. The van der Waals surface area contributed by atoms with E-state index in [1.807, 2.05) is 24.3 Å². The Labute approximate surface area is 156 Å². The number of halogens is 1. The van der Waals surface area contributed by atoms with Crippen molar-refractivity contribution in [1.82, 2.24) is 0 Å². The molecule has 0 aliphatic heterocycles. The number of thiophene rings is 1. The molecule has 0 aliphatic rings. The molecule has 0 spiro atoms. The molecule has 18 heavy (non-hydrogen) atoms. The molecule has 1 N–H and O–H groups in total. The van der Waals surface area contributed by atoms with Crippen molar-refractivity contribution in [1.29, 1.82) is 0 Å². The molecule has 1 aromatic heterocycles. The van der Waals surface area contributed by atoms with Crippen molar-refractivity contribution in [2.24, 2.45) is 0 Å². The topological polar surface area (TPSA) is 37.3 Å². The molecule has 3 aromatic rings. The summed E-state index contributed by atoms with van der Waals surface area (Å²) in [7, 11) is 0. The van der Waals surface area contributed by atoms with E-state index in [4.69, 9.17) is 16.7 Å². The van der Waals surface area contributed by atoms with Gasteiger partial charge in [-0.05, 0) is 24.3 Å². The van der Waals surface area contributed by atoms with Crippen LogP contribution in [0.1, 0.15) is 11.8 Å². The van der Waals surface area contributed by atoms with E-state index in [0.29, 0.717) is 10.6 Å². The molecular formula is C13H8ClKO2S. The van der Waals surface area contributed by atoms with Gasteiger partial charge in [0.05, 0.1) is 5.56 Å². The van der Waals surface area contributed by atoms with E-state index in [0.717, 1.165) is 20.2 Å². The molecule has 1 heterocycles. The van der Waals surface area contributed by atoms with Crippen LogP contribution in [0.3, 0.4) is 0 Å². The zero-order chi connectivity index (χ0) is 12.0. The Hall–Kier alpha value is 0.0564. The summed E-state index contributed by atoms with van der Waals surface area (Å²) in [6.07, 6.45) is 0. The summed E-state index contributed by atoms with van der Waals surface area (Å²) in [5.74, 6) is -0.901. The van der Waals surface area contributed by atoms with Crippen molar-refractivity contribution in [3.05, 3.63) is 47.0 Å². The molecule has 2 nitrogen and oxygen atoms in total. The van der Waals surface area contributed by atoms with E-state index in [-0.39, 0.29) is 52.8 Å². The second kappa shape index (κ2) is 5.59. The normalized spacial score (nSPS) is 10.5. The third-order valence-electron chi connectivity index (χ3n) is 2.68. The van der Waals surface area contributed by atoms with Gasteiger partial charge in [0.15, 0.2) is 0 Å². The van der Waals surface area contributed by atoms with Crippen molar-refractivity contribution < 1.29 is 62.7 Å². The summed E-state index contributed by atoms with van der Waals surface area (Å²) in [6.45, 7) is 0. The zero-order valence-electron chi connectivity index (χ0n) is 10.6. The first kappa shape index (κ1) is 14.5. The summed E-state index contributed by atoms with van der Waals surface area (Å²) in [4.78, 5) is 10.9. The Morgan fingerprint density at radius 1 is 1.11 bits per heavy atom. The number of rotatable bonds is 1. The Morgan fingerprint density at radius 3 is 2.39 bits per heavy atom. The van der Waals surface area contributed by atoms with Gasteiger partial charge < -0.3 is 6.53 Å². The quantitative estimate of drug-likeness (QED) is 0.692. The van der Waals surface area contributed by atoms with E-state index < -0.39 is 5.97 Å². The Balaban J connectivity index is 0.000000902. The van der Waals surface area contributed by atoms with E-state index >= 15 is 0 Å². The summed E-state index contributed by atoms with van der Waals surface area (Å²) >= 11 is 7.50. The first-order valence-corrected chi connectivity index (χ1v) is 6.20. The second-order valence-corrected chi connectivity index (χ2v) is 5.28. The van der Waals surface area contributed by atoms with Gasteiger partial charge in [0, 0.05) is 25.2 Å². The minimum atomic E-state index is -0.901. The predicted octanol–water partition coefficient (Wildman–Crippen LogP) is 1.52. The molecule has 0 amide bonds.